The van der Waals surface area contributed by atoms with Gasteiger partial charge >= 0.3 is 0 Å². The number of amides is 1. The third-order valence-corrected chi connectivity index (χ3v) is 4.53. The number of hydrogen-bond donors (Lipinski definition) is 2. The number of ketones is 1. The number of hydrogen-bond acceptors (Lipinski definition) is 5. The van der Waals surface area contributed by atoms with Crippen molar-refractivity contribution in [1.82, 2.24) is 4.72 Å². The Morgan fingerprint density at radius 3 is 2.33 bits per heavy atom. The number of carbonyl (C=O) groups excluding carboxylic acids is 2. The predicted octanol–water partition coefficient (Wildman–Crippen LogP) is 2.52. The number of anilines is 1. The molecule has 0 unspecified atom stereocenters. The molecule has 0 heterocycles. The lowest BCUT2D eigenvalue weighted by atomic mass is 10.0. The van der Waals surface area contributed by atoms with E-state index in [4.69, 9.17) is 4.74 Å². The molecule has 2 aromatic carbocycles. The summed E-state index contributed by atoms with van der Waals surface area (Å²) in [6.45, 7) is 1.44. The van der Waals surface area contributed by atoms with Gasteiger partial charge in [-0.3, -0.25) is 9.59 Å². The van der Waals surface area contributed by atoms with E-state index < -0.39 is 16.1 Å². The number of sulfonamides is 1. The Morgan fingerprint density at radius 2 is 1.78 bits per heavy atom. The van der Waals surface area contributed by atoms with E-state index in [2.05, 4.69) is 10.0 Å². The molecule has 2 aromatic rings. The van der Waals surface area contributed by atoms with Crippen molar-refractivity contribution in [1.29, 1.82) is 0 Å². The second kappa shape index (κ2) is 8.79. The van der Waals surface area contributed by atoms with E-state index in [-0.39, 0.29) is 18.1 Å². The molecule has 27 heavy (non-hydrogen) atoms. The van der Waals surface area contributed by atoms with E-state index >= 15 is 0 Å². The molecule has 0 aliphatic heterocycles. The molecule has 0 radical (unpaired) electrons. The van der Waals surface area contributed by atoms with E-state index in [1.165, 1.54) is 14.0 Å². The number of ether oxygens (including phenoxy) is 1. The van der Waals surface area contributed by atoms with Crippen LogP contribution in [0.4, 0.5) is 5.69 Å². The van der Waals surface area contributed by atoms with Gasteiger partial charge in [-0.25, -0.2) is 13.1 Å². The molecule has 0 aromatic heterocycles. The first kappa shape index (κ1) is 20.6. The van der Waals surface area contributed by atoms with Crippen LogP contribution in [0.1, 0.15) is 35.3 Å². The number of nitrogens with one attached hydrogen (secondary N) is 2. The molecular weight excluding hydrogens is 368 g/mol. The average molecular weight is 390 g/mol. The second-order valence-corrected chi connectivity index (χ2v) is 7.89. The summed E-state index contributed by atoms with van der Waals surface area (Å²) in [5, 5.41) is 2.70. The lowest BCUT2D eigenvalue weighted by Gasteiger charge is -2.18. The summed E-state index contributed by atoms with van der Waals surface area (Å²) >= 11 is 0. The van der Waals surface area contributed by atoms with Gasteiger partial charge in [-0.05, 0) is 36.8 Å². The van der Waals surface area contributed by atoms with Gasteiger partial charge in [0.15, 0.2) is 5.78 Å². The second-order valence-electron chi connectivity index (χ2n) is 6.11. The number of methoxy groups -OCH3 is 1. The van der Waals surface area contributed by atoms with Crippen LogP contribution < -0.4 is 14.8 Å². The third-order valence-electron chi connectivity index (χ3n) is 3.82. The molecule has 0 aliphatic rings. The fourth-order valence-electron chi connectivity index (χ4n) is 2.54. The van der Waals surface area contributed by atoms with Crippen LogP contribution in [0.15, 0.2) is 48.5 Å². The first-order chi connectivity index (χ1) is 12.7. The highest BCUT2D eigenvalue weighted by atomic mass is 32.2. The Bertz CT molecular complexity index is 923. The highest BCUT2D eigenvalue weighted by Crippen LogP contribution is 2.22. The van der Waals surface area contributed by atoms with Crippen LogP contribution in [-0.4, -0.2) is 33.5 Å². The molecule has 144 valence electrons. The molecular formula is C19H22N2O5S. The van der Waals surface area contributed by atoms with Gasteiger partial charge < -0.3 is 10.1 Å². The Morgan fingerprint density at radius 1 is 1.11 bits per heavy atom. The smallest absolute Gasteiger partial charge is 0.226 e. The first-order valence-corrected chi connectivity index (χ1v) is 10.1. The number of benzene rings is 2. The zero-order chi connectivity index (χ0) is 20.0. The summed E-state index contributed by atoms with van der Waals surface area (Å²) in [6.07, 6.45) is 0.932. The fraction of sp³-hybridized carbons (Fsp3) is 0.263. The van der Waals surface area contributed by atoms with Crippen molar-refractivity contribution >= 4 is 27.4 Å². The molecule has 1 amide bonds. The topological polar surface area (TPSA) is 102 Å². The van der Waals surface area contributed by atoms with Crippen molar-refractivity contribution in [2.24, 2.45) is 0 Å². The Hall–Kier alpha value is -2.71. The van der Waals surface area contributed by atoms with Crippen molar-refractivity contribution in [3.63, 3.8) is 0 Å². The molecule has 0 saturated carbocycles. The van der Waals surface area contributed by atoms with E-state index in [1.54, 1.807) is 48.5 Å². The fourth-order valence-corrected chi connectivity index (χ4v) is 3.27. The molecule has 0 fully saturated rings. The highest BCUT2D eigenvalue weighted by molar-refractivity contribution is 7.88. The van der Waals surface area contributed by atoms with Gasteiger partial charge in [0.2, 0.25) is 15.9 Å². The summed E-state index contributed by atoms with van der Waals surface area (Å²) in [7, 11) is -2.00. The Kier molecular flexibility index (Phi) is 6.70. The standard InChI is InChI=1S/C19H22N2O5S/c1-13(22)15-5-4-6-16(11-15)20-19(23)12-18(21-27(3,24)25)14-7-9-17(26-2)10-8-14/h4-11,18,21H,12H2,1-3H3,(H,20,23)/t18-/m0/s1. The summed E-state index contributed by atoms with van der Waals surface area (Å²) in [6, 6.07) is 12.6. The van der Waals surface area contributed by atoms with Crippen molar-refractivity contribution < 1.29 is 22.7 Å². The maximum Gasteiger partial charge on any atom is 0.226 e. The SMILES string of the molecule is COc1ccc([C@H](CC(=O)Nc2cccc(C(C)=O)c2)NS(C)(=O)=O)cc1. The van der Waals surface area contributed by atoms with Gasteiger partial charge in [0, 0.05) is 17.7 Å². The van der Waals surface area contributed by atoms with Gasteiger partial charge in [0.25, 0.3) is 0 Å². The van der Waals surface area contributed by atoms with E-state index in [0.29, 0.717) is 22.6 Å². The molecule has 2 rings (SSSR count). The monoisotopic (exact) mass is 390 g/mol. The predicted molar refractivity (Wildman–Crippen MR) is 103 cm³/mol. The van der Waals surface area contributed by atoms with Crippen LogP contribution in [0.25, 0.3) is 0 Å². The molecule has 0 spiro atoms. The van der Waals surface area contributed by atoms with E-state index in [9.17, 15) is 18.0 Å². The van der Waals surface area contributed by atoms with Gasteiger partial charge in [-0.2, -0.15) is 0 Å². The number of rotatable bonds is 8. The lowest BCUT2D eigenvalue weighted by Crippen LogP contribution is -2.30. The van der Waals surface area contributed by atoms with Crippen molar-refractivity contribution in [2.75, 3.05) is 18.7 Å². The molecule has 2 N–H and O–H groups in total. The zero-order valence-electron chi connectivity index (χ0n) is 15.4. The molecule has 8 heteroatoms. The van der Waals surface area contributed by atoms with Crippen molar-refractivity contribution in [2.45, 2.75) is 19.4 Å². The minimum atomic E-state index is -3.53. The normalized spacial score (nSPS) is 12.3. The lowest BCUT2D eigenvalue weighted by molar-refractivity contribution is -0.116. The van der Waals surface area contributed by atoms with Crippen LogP contribution in [-0.2, 0) is 14.8 Å². The van der Waals surface area contributed by atoms with Gasteiger partial charge in [0.1, 0.15) is 5.75 Å². The van der Waals surface area contributed by atoms with Crippen LogP contribution >= 0.6 is 0 Å². The van der Waals surface area contributed by atoms with Gasteiger partial charge in [-0.1, -0.05) is 24.3 Å². The first-order valence-electron chi connectivity index (χ1n) is 8.20. The van der Waals surface area contributed by atoms with Crippen molar-refractivity contribution in [3.8, 4) is 5.75 Å². The van der Waals surface area contributed by atoms with Crippen LogP contribution in [0.5, 0.6) is 5.75 Å². The quantitative estimate of drug-likeness (QED) is 0.675. The zero-order valence-corrected chi connectivity index (χ0v) is 16.2. The van der Waals surface area contributed by atoms with Gasteiger partial charge in [0.05, 0.1) is 19.4 Å². The molecule has 0 saturated heterocycles. The summed E-state index contributed by atoms with van der Waals surface area (Å²) in [5.41, 5.74) is 1.59. The Balaban J connectivity index is 2.17. The maximum absolute atomic E-state index is 12.4. The van der Waals surface area contributed by atoms with Crippen molar-refractivity contribution in [3.05, 3.63) is 59.7 Å². The van der Waals surface area contributed by atoms with Crippen LogP contribution in [0.2, 0.25) is 0 Å². The van der Waals surface area contributed by atoms with Gasteiger partial charge in [-0.15, -0.1) is 0 Å². The van der Waals surface area contributed by atoms with Crippen LogP contribution in [0.3, 0.4) is 0 Å². The Labute approximate surface area is 158 Å². The minimum absolute atomic E-state index is 0.107. The van der Waals surface area contributed by atoms with Crippen LogP contribution in [0, 0.1) is 0 Å². The van der Waals surface area contributed by atoms with E-state index in [0.717, 1.165) is 6.26 Å². The molecule has 0 bridgehead atoms. The highest BCUT2D eigenvalue weighted by Gasteiger charge is 2.20. The number of Topliss-reactive ketones (excluding diaryl/α,β-unsaturated/α-hetero) is 1. The molecule has 1 atom stereocenters. The average Bonchev–Trinajstić information content (AvgIpc) is 2.60. The third kappa shape index (κ3) is 6.50. The largest absolute Gasteiger partial charge is 0.497 e. The minimum Gasteiger partial charge on any atom is -0.497 e. The summed E-state index contributed by atoms with van der Waals surface area (Å²) in [5.74, 6) is 0.135. The molecule has 0 aliphatic carbocycles. The maximum atomic E-state index is 12.4. The molecule has 7 nitrogen and oxygen atoms in total. The summed E-state index contributed by atoms with van der Waals surface area (Å²) < 4.78 is 31.0. The number of carbonyl (C=O) groups is 2. The van der Waals surface area contributed by atoms with E-state index in [1.807, 2.05) is 0 Å². The summed E-state index contributed by atoms with van der Waals surface area (Å²) in [4.78, 5) is 23.9.